The molecule has 0 aliphatic rings. The molecule has 0 saturated carbocycles. The molecule has 0 unspecified atom stereocenters. The van der Waals surface area contributed by atoms with Gasteiger partial charge in [-0.1, -0.05) is 15.9 Å². The number of carbonyl (C=O) groups is 1. The second-order valence-electron chi connectivity index (χ2n) is 4.14. The Balaban J connectivity index is 2.32. The number of aryl methyl sites for hydroxylation is 1. The lowest BCUT2D eigenvalue weighted by Crippen LogP contribution is -1.92. The van der Waals surface area contributed by atoms with E-state index in [-0.39, 0.29) is 5.69 Å². The molecule has 0 spiro atoms. The number of benzene rings is 2. The molecule has 2 rings (SSSR count). The average Bonchev–Trinajstić information content (AvgIpc) is 2.38. The lowest BCUT2D eigenvalue weighted by Gasteiger charge is -2.08. The van der Waals surface area contributed by atoms with Crippen LogP contribution < -0.4 is 4.74 Å². The Bertz CT molecular complexity index is 685. The van der Waals surface area contributed by atoms with Gasteiger partial charge in [0.15, 0.2) is 0 Å². The van der Waals surface area contributed by atoms with Crippen LogP contribution >= 0.6 is 15.9 Å². The minimum absolute atomic E-state index is 0.0596. The fraction of sp³-hybridized carbons (Fsp3) is 0.0714. The number of non-ortho nitro benzene ring substituents is 1. The summed E-state index contributed by atoms with van der Waals surface area (Å²) in [6.07, 6.45) is 0.767. The molecule has 0 amide bonds. The Hall–Kier alpha value is -2.21. The monoisotopic (exact) mass is 335 g/mol. The molecule has 2 aromatic carbocycles. The first-order chi connectivity index (χ1) is 9.49. The molecule has 5 nitrogen and oxygen atoms in total. The van der Waals surface area contributed by atoms with Crippen molar-refractivity contribution in [1.82, 2.24) is 0 Å². The first-order valence-electron chi connectivity index (χ1n) is 5.68. The summed E-state index contributed by atoms with van der Waals surface area (Å²) in [6.45, 7) is 1.79. The third-order valence-electron chi connectivity index (χ3n) is 2.67. The Morgan fingerprint density at radius 3 is 2.55 bits per heavy atom. The Labute approximate surface area is 123 Å². The maximum Gasteiger partial charge on any atom is 0.274 e. The van der Waals surface area contributed by atoms with Crippen molar-refractivity contribution < 1.29 is 14.5 Å². The quantitative estimate of drug-likeness (QED) is 0.475. The van der Waals surface area contributed by atoms with E-state index in [9.17, 15) is 14.9 Å². The van der Waals surface area contributed by atoms with Crippen LogP contribution in [0.1, 0.15) is 15.9 Å². The van der Waals surface area contributed by atoms with E-state index in [0.717, 1.165) is 11.8 Å². The zero-order valence-corrected chi connectivity index (χ0v) is 12.1. The fourth-order valence-corrected chi connectivity index (χ4v) is 2.15. The number of nitro groups is 1. The van der Waals surface area contributed by atoms with Gasteiger partial charge < -0.3 is 4.74 Å². The molecule has 0 aliphatic heterocycles. The zero-order valence-electron chi connectivity index (χ0n) is 10.5. The molecule has 2 aromatic rings. The molecular weight excluding hydrogens is 326 g/mol. The van der Waals surface area contributed by atoms with E-state index >= 15 is 0 Å². The number of carbonyl (C=O) groups excluding carboxylic acids is 1. The topological polar surface area (TPSA) is 69.4 Å². The van der Waals surface area contributed by atoms with E-state index in [1.807, 2.05) is 0 Å². The second kappa shape index (κ2) is 5.83. The number of hydrogen-bond donors (Lipinski definition) is 0. The SMILES string of the molecule is Cc1cc(Oc2cc(Br)cc([N+](=O)[O-])c2)ccc1C=O. The summed E-state index contributed by atoms with van der Waals surface area (Å²) in [5.74, 6) is 0.866. The van der Waals surface area contributed by atoms with Gasteiger partial charge in [-0.3, -0.25) is 14.9 Å². The van der Waals surface area contributed by atoms with Crippen LogP contribution in [0.4, 0.5) is 5.69 Å². The summed E-state index contributed by atoms with van der Waals surface area (Å²) in [6, 6.07) is 9.36. The van der Waals surface area contributed by atoms with Gasteiger partial charge in [0.2, 0.25) is 0 Å². The van der Waals surface area contributed by atoms with Crippen LogP contribution in [0.5, 0.6) is 11.5 Å². The number of halogens is 1. The highest BCUT2D eigenvalue weighted by atomic mass is 79.9. The lowest BCUT2D eigenvalue weighted by atomic mass is 10.1. The number of nitrogens with zero attached hydrogens (tertiary/aromatic N) is 1. The first kappa shape index (κ1) is 14.2. The molecule has 102 valence electrons. The van der Waals surface area contributed by atoms with Crippen molar-refractivity contribution in [2.24, 2.45) is 0 Å². The summed E-state index contributed by atoms with van der Waals surface area (Å²) in [4.78, 5) is 21.0. The van der Waals surface area contributed by atoms with Crippen LogP contribution in [0.3, 0.4) is 0 Å². The van der Waals surface area contributed by atoms with Crippen molar-refractivity contribution in [3.05, 3.63) is 62.1 Å². The minimum Gasteiger partial charge on any atom is -0.457 e. The van der Waals surface area contributed by atoms with Crippen molar-refractivity contribution in [3.8, 4) is 11.5 Å². The van der Waals surface area contributed by atoms with Gasteiger partial charge in [-0.2, -0.15) is 0 Å². The van der Waals surface area contributed by atoms with Gasteiger partial charge in [-0.05, 0) is 36.8 Å². The van der Waals surface area contributed by atoms with Crippen molar-refractivity contribution in [1.29, 1.82) is 0 Å². The summed E-state index contributed by atoms with van der Waals surface area (Å²) in [5.41, 5.74) is 1.30. The van der Waals surface area contributed by atoms with Crippen LogP contribution in [0.15, 0.2) is 40.9 Å². The van der Waals surface area contributed by atoms with Gasteiger partial charge >= 0.3 is 0 Å². The van der Waals surface area contributed by atoms with Crippen molar-refractivity contribution in [3.63, 3.8) is 0 Å². The summed E-state index contributed by atoms with van der Waals surface area (Å²) < 4.78 is 6.14. The molecule has 0 radical (unpaired) electrons. The van der Waals surface area contributed by atoms with E-state index in [4.69, 9.17) is 4.74 Å². The normalized spacial score (nSPS) is 10.1. The molecule has 20 heavy (non-hydrogen) atoms. The van der Waals surface area contributed by atoms with Gasteiger partial charge in [0, 0.05) is 16.1 Å². The standard InChI is InChI=1S/C14H10BrNO4/c1-9-4-13(3-2-10(9)8-17)20-14-6-11(15)5-12(7-14)16(18)19/h2-8H,1H3. The molecule has 6 heteroatoms. The van der Waals surface area contributed by atoms with Gasteiger partial charge in [0.05, 0.1) is 11.0 Å². The highest BCUT2D eigenvalue weighted by molar-refractivity contribution is 9.10. The highest BCUT2D eigenvalue weighted by Gasteiger charge is 2.10. The van der Waals surface area contributed by atoms with Crippen molar-refractivity contribution >= 4 is 27.9 Å². The largest absolute Gasteiger partial charge is 0.457 e. The van der Waals surface area contributed by atoms with Crippen LogP contribution in [0.25, 0.3) is 0 Å². The smallest absolute Gasteiger partial charge is 0.274 e. The molecular formula is C14H10BrNO4. The first-order valence-corrected chi connectivity index (χ1v) is 6.47. The third-order valence-corrected chi connectivity index (χ3v) is 3.13. The second-order valence-corrected chi connectivity index (χ2v) is 5.06. The predicted octanol–water partition coefficient (Wildman–Crippen LogP) is 4.27. The molecule has 0 bridgehead atoms. The summed E-state index contributed by atoms with van der Waals surface area (Å²) in [5, 5.41) is 10.8. The predicted molar refractivity (Wildman–Crippen MR) is 77.4 cm³/mol. The number of ether oxygens (including phenoxy) is 1. The van der Waals surface area contributed by atoms with Crippen LogP contribution in [-0.2, 0) is 0 Å². The average molecular weight is 336 g/mol. The van der Waals surface area contributed by atoms with Crippen LogP contribution in [0.2, 0.25) is 0 Å². The van der Waals surface area contributed by atoms with Crippen molar-refractivity contribution in [2.75, 3.05) is 0 Å². The zero-order chi connectivity index (χ0) is 14.7. The molecule has 0 aromatic heterocycles. The van der Waals surface area contributed by atoms with E-state index in [0.29, 0.717) is 21.5 Å². The molecule has 0 heterocycles. The Morgan fingerprint density at radius 2 is 1.95 bits per heavy atom. The molecule has 0 atom stereocenters. The molecule has 0 aliphatic carbocycles. The van der Waals surface area contributed by atoms with Gasteiger partial charge in [-0.15, -0.1) is 0 Å². The Morgan fingerprint density at radius 1 is 1.20 bits per heavy atom. The van der Waals surface area contributed by atoms with Crippen molar-refractivity contribution in [2.45, 2.75) is 6.92 Å². The van der Waals surface area contributed by atoms with Gasteiger partial charge in [-0.25, -0.2) is 0 Å². The number of rotatable bonds is 4. The van der Waals surface area contributed by atoms with Crippen LogP contribution in [-0.4, -0.2) is 11.2 Å². The van der Waals surface area contributed by atoms with Crippen LogP contribution in [0, 0.1) is 17.0 Å². The molecule has 0 N–H and O–H groups in total. The maximum atomic E-state index is 10.8. The minimum atomic E-state index is -0.488. The van der Waals surface area contributed by atoms with E-state index in [1.165, 1.54) is 12.1 Å². The highest BCUT2D eigenvalue weighted by Crippen LogP contribution is 2.30. The fourth-order valence-electron chi connectivity index (χ4n) is 1.69. The number of aldehydes is 1. The van der Waals surface area contributed by atoms with Gasteiger partial charge in [0.1, 0.15) is 17.8 Å². The third kappa shape index (κ3) is 3.21. The van der Waals surface area contributed by atoms with Gasteiger partial charge in [0.25, 0.3) is 5.69 Å². The maximum absolute atomic E-state index is 10.8. The summed E-state index contributed by atoms with van der Waals surface area (Å²) >= 11 is 3.20. The number of hydrogen-bond acceptors (Lipinski definition) is 4. The Kier molecular flexibility index (Phi) is 4.14. The number of nitro benzene ring substituents is 1. The molecule has 0 fully saturated rings. The lowest BCUT2D eigenvalue weighted by molar-refractivity contribution is -0.385. The van der Waals surface area contributed by atoms with E-state index in [1.54, 1.807) is 31.2 Å². The van der Waals surface area contributed by atoms with E-state index < -0.39 is 4.92 Å². The van der Waals surface area contributed by atoms with E-state index in [2.05, 4.69) is 15.9 Å². The molecule has 0 saturated heterocycles. The summed E-state index contributed by atoms with van der Waals surface area (Å²) in [7, 11) is 0.